The molecule has 2 aromatic heterocycles. The zero-order valence-electron chi connectivity index (χ0n) is 45.3. The number of aromatic nitrogens is 3. The van der Waals surface area contributed by atoms with E-state index in [0.29, 0.717) is 90.4 Å². The lowest BCUT2D eigenvalue weighted by Gasteiger charge is -2.35. The van der Waals surface area contributed by atoms with Gasteiger partial charge in [-0.3, -0.25) is 24.2 Å². The van der Waals surface area contributed by atoms with E-state index in [1.807, 2.05) is 52.0 Å². The molecule has 78 heavy (non-hydrogen) atoms. The van der Waals surface area contributed by atoms with Gasteiger partial charge in [-0.05, 0) is 115 Å². The molecule has 3 amide bonds. The van der Waals surface area contributed by atoms with Gasteiger partial charge in [-0.2, -0.15) is 9.97 Å². The molecule has 5 aliphatic rings. The third kappa shape index (κ3) is 11.5. The summed E-state index contributed by atoms with van der Waals surface area (Å²) in [4.78, 5) is 72.8. The van der Waals surface area contributed by atoms with Gasteiger partial charge in [-0.15, -0.1) is 0 Å². The Labute approximate surface area is 454 Å². The fourth-order valence-corrected chi connectivity index (χ4v) is 12.2. The van der Waals surface area contributed by atoms with Gasteiger partial charge in [0.2, 0.25) is 17.7 Å². The number of nitrogens with one attached hydrogen (secondary N) is 4. The fourth-order valence-electron chi connectivity index (χ4n) is 12.2. The Kier molecular flexibility index (Phi) is 15.8. The number of aliphatic hydroxyl groups is 1. The van der Waals surface area contributed by atoms with Crippen molar-refractivity contribution < 1.29 is 44.3 Å². The topological polar surface area (TPSA) is 252 Å². The molecule has 1 aliphatic carbocycles. The molecule has 5 unspecified atom stereocenters. The number of unbranched alkanes of at least 4 members (excludes halogenated alkanes) is 1. The number of pyridine rings is 1. The molecule has 8 N–H and O–H groups in total. The van der Waals surface area contributed by atoms with E-state index in [0.717, 1.165) is 30.4 Å². The Morgan fingerprint density at radius 1 is 0.910 bits per heavy atom. The Balaban J connectivity index is 0.733. The maximum absolute atomic E-state index is 14.2. The summed E-state index contributed by atoms with van der Waals surface area (Å²) in [5, 5.41) is 59.3. The molecule has 0 spiro atoms. The second kappa shape index (κ2) is 22.7. The minimum Gasteiger partial charge on any atom is -0.508 e. The molecule has 6 heterocycles. The summed E-state index contributed by atoms with van der Waals surface area (Å²) in [5.74, 6) is -0.623. The largest absolute Gasteiger partial charge is 0.508 e. The number of aliphatic hydroxyl groups excluding tert-OH is 1. The van der Waals surface area contributed by atoms with Crippen molar-refractivity contribution in [2.75, 3.05) is 31.1 Å². The number of likely N-dealkylation sites (tertiary alicyclic amines) is 1. The Morgan fingerprint density at radius 2 is 1.67 bits per heavy atom. The number of β-amino-alcohol motifs (C(OH)–C–C–N with tert-alkyl or cyclic N) is 1. The summed E-state index contributed by atoms with van der Waals surface area (Å²) in [5.41, 5.74) is 5.41. The highest BCUT2D eigenvalue weighted by Gasteiger charge is 2.45. The zero-order chi connectivity index (χ0) is 55.0. The predicted octanol–water partition coefficient (Wildman–Crippen LogP) is 6.64. The predicted molar refractivity (Wildman–Crippen MR) is 298 cm³/mol. The lowest BCUT2D eigenvalue weighted by molar-refractivity contribution is -0.144. The highest BCUT2D eigenvalue weighted by Crippen LogP contribution is 2.44. The fraction of sp³-hybridized carbons (Fsp3) is 0.483. The van der Waals surface area contributed by atoms with Gasteiger partial charge in [0.05, 0.1) is 17.5 Å². The maximum atomic E-state index is 14.2. The van der Waals surface area contributed by atoms with Gasteiger partial charge >= 0.3 is 6.01 Å². The van der Waals surface area contributed by atoms with Crippen molar-refractivity contribution in [3.05, 3.63) is 89.1 Å². The summed E-state index contributed by atoms with van der Waals surface area (Å²) in [6.45, 7) is 11.4. The van der Waals surface area contributed by atoms with Gasteiger partial charge in [0, 0.05) is 80.9 Å². The van der Waals surface area contributed by atoms with Crippen molar-refractivity contribution in [3.63, 3.8) is 0 Å². The minimum atomic E-state index is -0.955. The zero-order valence-corrected chi connectivity index (χ0v) is 45.3. The normalized spacial score (nSPS) is 22.4. The van der Waals surface area contributed by atoms with Crippen molar-refractivity contribution >= 4 is 56.6 Å². The van der Waals surface area contributed by atoms with E-state index in [1.54, 1.807) is 24.4 Å². The summed E-state index contributed by atoms with van der Waals surface area (Å²) in [7, 11) is 0. The summed E-state index contributed by atoms with van der Waals surface area (Å²) < 4.78 is 6.32. The van der Waals surface area contributed by atoms with E-state index < -0.39 is 35.6 Å². The van der Waals surface area contributed by atoms with Gasteiger partial charge in [0.1, 0.15) is 53.0 Å². The summed E-state index contributed by atoms with van der Waals surface area (Å²) in [6, 6.07) is 12.8. The number of hydrogen-bond acceptors (Lipinski definition) is 15. The van der Waals surface area contributed by atoms with Crippen LogP contribution in [0.15, 0.2) is 72.5 Å². The molecule has 5 aromatic rings. The van der Waals surface area contributed by atoms with E-state index in [9.17, 15) is 39.6 Å². The first-order chi connectivity index (χ1) is 37.4. The van der Waals surface area contributed by atoms with Crippen molar-refractivity contribution in [1.29, 1.82) is 0 Å². The van der Waals surface area contributed by atoms with Crippen molar-refractivity contribution in [3.8, 4) is 34.5 Å². The first-order valence-corrected chi connectivity index (χ1v) is 27.7. The molecule has 3 aromatic carbocycles. The van der Waals surface area contributed by atoms with E-state index in [2.05, 4.69) is 45.2 Å². The number of ketones is 1. The van der Waals surface area contributed by atoms with Crippen LogP contribution >= 0.6 is 0 Å². The van der Waals surface area contributed by atoms with Crippen molar-refractivity contribution in [1.82, 2.24) is 41.1 Å². The number of aryl methyl sites for hydroxylation is 1. The van der Waals surface area contributed by atoms with Crippen LogP contribution in [0.25, 0.3) is 38.5 Å². The van der Waals surface area contributed by atoms with Gasteiger partial charge in [0.15, 0.2) is 5.75 Å². The van der Waals surface area contributed by atoms with Gasteiger partial charge in [-0.1, -0.05) is 70.2 Å². The molecule has 4 fully saturated rings. The van der Waals surface area contributed by atoms with Crippen LogP contribution in [0.1, 0.15) is 116 Å². The first kappa shape index (κ1) is 54.2. The number of benzene rings is 3. The highest BCUT2D eigenvalue weighted by atomic mass is 16.5. The number of Topliss-reactive ketones (excluding diaryl/α,β-unsaturated/α-hetero) is 1. The lowest BCUT2D eigenvalue weighted by Crippen LogP contribution is -2.57. The molecule has 7 atom stereocenters. The molecule has 0 radical (unpaired) electrons. The third-order valence-corrected chi connectivity index (χ3v) is 16.3. The van der Waals surface area contributed by atoms with Crippen LogP contribution in [0.4, 0.5) is 5.82 Å². The van der Waals surface area contributed by atoms with Crippen molar-refractivity contribution in [2.24, 2.45) is 5.41 Å². The number of nitrogens with zero attached hydrogens (tertiary/aromatic N) is 5. The standard InChI is InChI=1S/C60H73N9O9/c1-6-42-48(72)23-18-36-24-40(70)25-44(51(36)42)52-54(75)53-45(28-61-52)56(68-29-37-19-20-38(30-68)63-37)67-59(66-53)78-32-39-21-22-46(64-39)49(73)12-7-8-13-50(74)65-55(60(3,4)5)58(77)69-31-41(71)26-47(69)57(76)62-27-34-14-16-35(17-15-34)43-11-9-10-33(43)2/h9-10,14-18,23-25,28,37-39,41,46-47,55,63-64,70-72,75H,6-8,11-13,19-22,26-27,29-32H2,1-5H3,(H,62,76)(H,65,74)/t37?,38?,39?,41-,46?,47+,55?/m0/s1. The molecule has 18 nitrogen and oxygen atoms in total. The number of hydrogen-bond donors (Lipinski definition) is 8. The lowest BCUT2D eigenvalue weighted by atomic mass is 9.85. The third-order valence-electron chi connectivity index (χ3n) is 16.3. The number of allylic oxidation sites excluding steroid dienone is 4. The SMILES string of the molecule is CCc1c(O)ccc2cc(O)cc(-c3ncc4c(N5CC6CCC(C5)N6)nc(OCC5CCC(C(=O)CCCCC(=O)NC(C(=O)N6C[C@@H](O)C[C@@H]6C(=O)NCc6ccc(C7=C(C)C=CC7)cc6)C(C)(C)C)N5)nc4c3O)c12. The number of carbonyl (C=O) groups excluding carboxylic acids is 4. The second-order valence-electron chi connectivity index (χ2n) is 23.0. The number of amides is 3. The second-order valence-corrected chi connectivity index (χ2v) is 23.0. The van der Waals surface area contributed by atoms with Crippen LogP contribution in [-0.4, -0.2) is 132 Å². The number of aromatic hydroxyl groups is 3. The number of phenols is 2. The number of fused-ring (bicyclic) bond motifs is 4. The maximum Gasteiger partial charge on any atom is 0.319 e. The van der Waals surface area contributed by atoms with Gasteiger partial charge in [-0.25, -0.2) is 0 Å². The number of anilines is 1. The molecule has 4 saturated heterocycles. The molecule has 18 heteroatoms. The van der Waals surface area contributed by atoms with Crippen LogP contribution in [-0.2, 0) is 32.1 Å². The number of rotatable bonds is 18. The van der Waals surface area contributed by atoms with E-state index in [-0.39, 0.29) is 97.1 Å². The number of ether oxygens (including phenoxy) is 1. The van der Waals surface area contributed by atoms with Gasteiger partial charge in [0.25, 0.3) is 0 Å². The molecular formula is C60H73N9O9. The van der Waals surface area contributed by atoms with E-state index in [4.69, 9.17) is 19.7 Å². The Morgan fingerprint density at radius 3 is 2.38 bits per heavy atom. The van der Waals surface area contributed by atoms with Crippen molar-refractivity contribution in [2.45, 2.75) is 154 Å². The van der Waals surface area contributed by atoms with E-state index >= 15 is 0 Å². The van der Waals surface area contributed by atoms with Crippen LogP contribution in [0.3, 0.4) is 0 Å². The Hall–Kier alpha value is -7.15. The van der Waals surface area contributed by atoms with Crippen LogP contribution in [0.5, 0.6) is 23.3 Å². The van der Waals surface area contributed by atoms with Gasteiger partial charge < -0.3 is 56.2 Å². The monoisotopic (exact) mass is 1060 g/mol. The van der Waals surface area contributed by atoms with E-state index in [1.165, 1.54) is 22.1 Å². The molecule has 0 saturated carbocycles. The first-order valence-electron chi connectivity index (χ1n) is 27.7. The number of phenolic OH excluding ortho intramolecular Hbond substituents is 2. The molecule has 412 valence electrons. The quantitative estimate of drug-likeness (QED) is 0.0429. The smallest absolute Gasteiger partial charge is 0.319 e. The average Bonchev–Trinajstić information content (AvgIpc) is 4.35. The van der Waals surface area contributed by atoms with Crippen LogP contribution in [0.2, 0.25) is 0 Å². The number of carbonyl (C=O) groups is 4. The molecule has 10 rings (SSSR count). The minimum absolute atomic E-state index is 0.0169. The molecule has 2 bridgehead atoms. The highest BCUT2D eigenvalue weighted by molar-refractivity contribution is 6.05. The Bertz CT molecular complexity index is 3180. The molecule has 4 aliphatic heterocycles. The van der Waals surface area contributed by atoms with Crippen LogP contribution < -0.4 is 30.9 Å². The molecular weight excluding hydrogens is 991 g/mol. The summed E-state index contributed by atoms with van der Waals surface area (Å²) in [6.07, 6.45) is 11.1. The van der Waals surface area contributed by atoms with Crippen LogP contribution in [0, 0.1) is 5.41 Å². The summed E-state index contributed by atoms with van der Waals surface area (Å²) >= 11 is 0. The number of piperazine rings is 1. The average molecular weight is 1060 g/mol.